The van der Waals surface area contributed by atoms with E-state index in [1.807, 2.05) is 0 Å². The van der Waals surface area contributed by atoms with Crippen LogP contribution < -0.4 is 5.32 Å². The molecule has 1 aromatic carbocycles. The van der Waals surface area contributed by atoms with E-state index in [1.165, 1.54) is 18.2 Å². The van der Waals surface area contributed by atoms with E-state index in [9.17, 15) is 13.9 Å². The van der Waals surface area contributed by atoms with Crippen LogP contribution in [0.3, 0.4) is 0 Å². The summed E-state index contributed by atoms with van der Waals surface area (Å²) in [6, 6.07) is 3.99. The second kappa shape index (κ2) is 5.39. The fraction of sp³-hybridized carbons (Fsp3) is 0.400. The van der Waals surface area contributed by atoms with Gasteiger partial charge in [-0.05, 0) is 24.7 Å². The van der Waals surface area contributed by atoms with E-state index in [4.69, 9.17) is 11.6 Å². The lowest BCUT2D eigenvalue weighted by molar-refractivity contribution is 0.136. The van der Waals surface area contributed by atoms with Crippen LogP contribution in [-0.2, 0) is 0 Å². The number of benzene rings is 1. The van der Waals surface area contributed by atoms with Gasteiger partial charge in [0.15, 0.2) is 0 Å². The van der Waals surface area contributed by atoms with Crippen molar-refractivity contribution in [3.63, 3.8) is 0 Å². The first-order chi connectivity index (χ1) is 7.06. The summed E-state index contributed by atoms with van der Waals surface area (Å²) in [5.41, 5.74) is -0.00556. The number of halogens is 3. The number of rotatable bonds is 4. The minimum absolute atomic E-state index is 0.173. The monoisotopic (exact) mass is 235 g/mol. The van der Waals surface area contributed by atoms with Crippen molar-refractivity contribution in [1.29, 1.82) is 0 Å². The summed E-state index contributed by atoms with van der Waals surface area (Å²) >= 11 is 5.69. The fourth-order valence-corrected chi connectivity index (χ4v) is 1.52. The van der Waals surface area contributed by atoms with Crippen molar-refractivity contribution < 1.29 is 13.9 Å². The number of likely N-dealkylation sites (N-methyl/N-ethyl adjacent to an activating group) is 1. The smallest absolute Gasteiger partial charge is 0.264 e. The van der Waals surface area contributed by atoms with Crippen LogP contribution in [0.5, 0.6) is 0 Å². The molecule has 0 amide bonds. The lowest BCUT2D eigenvalue weighted by Crippen LogP contribution is -2.18. The molecule has 2 nitrogen and oxygen atoms in total. The molecule has 15 heavy (non-hydrogen) atoms. The topological polar surface area (TPSA) is 32.3 Å². The van der Waals surface area contributed by atoms with Crippen molar-refractivity contribution in [2.45, 2.75) is 12.5 Å². The fourth-order valence-electron chi connectivity index (χ4n) is 1.34. The first-order valence-electron chi connectivity index (χ1n) is 4.46. The summed E-state index contributed by atoms with van der Waals surface area (Å²) < 4.78 is 25.2. The van der Waals surface area contributed by atoms with Crippen molar-refractivity contribution in [3.8, 4) is 0 Å². The lowest BCUT2D eigenvalue weighted by atomic mass is 10.0. The third-order valence-corrected chi connectivity index (χ3v) is 2.28. The molecule has 0 spiro atoms. The van der Waals surface area contributed by atoms with Crippen LogP contribution in [0.1, 0.15) is 23.7 Å². The largest absolute Gasteiger partial charge is 0.387 e. The van der Waals surface area contributed by atoms with Gasteiger partial charge >= 0.3 is 0 Å². The van der Waals surface area contributed by atoms with Gasteiger partial charge in [0.25, 0.3) is 6.43 Å². The van der Waals surface area contributed by atoms with Crippen LogP contribution >= 0.6 is 11.6 Å². The summed E-state index contributed by atoms with van der Waals surface area (Å²) in [7, 11) is 1.63. The minimum atomic E-state index is -2.61. The zero-order chi connectivity index (χ0) is 11.4. The molecule has 0 aliphatic heterocycles. The van der Waals surface area contributed by atoms with Crippen molar-refractivity contribution >= 4 is 11.6 Å². The number of aliphatic hydroxyl groups excluding tert-OH is 1. The van der Waals surface area contributed by atoms with Gasteiger partial charge in [0.05, 0.1) is 6.10 Å². The predicted molar refractivity (Wildman–Crippen MR) is 55.3 cm³/mol. The van der Waals surface area contributed by atoms with Gasteiger partial charge < -0.3 is 10.4 Å². The molecule has 0 aliphatic rings. The standard InChI is InChI=1S/C10H12ClF2NO/c1-14-5-9(15)8-4-6(11)2-3-7(8)10(12)13/h2-4,9-10,14-15H,5H2,1H3. The quantitative estimate of drug-likeness (QED) is 0.841. The summed E-state index contributed by atoms with van der Waals surface area (Å²) in [5.74, 6) is 0. The zero-order valence-corrected chi connectivity index (χ0v) is 8.93. The molecule has 0 saturated heterocycles. The van der Waals surface area contributed by atoms with Crippen LogP contribution in [0.2, 0.25) is 5.02 Å². The maximum Gasteiger partial charge on any atom is 0.264 e. The Kier molecular flexibility index (Phi) is 4.45. The molecule has 0 bridgehead atoms. The van der Waals surface area contributed by atoms with E-state index in [0.29, 0.717) is 5.02 Å². The molecular formula is C10H12ClF2NO. The SMILES string of the molecule is CNCC(O)c1cc(Cl)ccc1C(F)F. The first kappa shape index (κ1) is 12.4. The van der Waals surface area contributed by atoms with Crippen molar-refractivity contribution in [2.75, 3.05) is 13.6 Å². The number of aliphatic hydroxyl groups is 1. The molecule has 1 aromatic rings. The molecule has 2 N–H and O–H groups in total. The van der Waals surface area contributed by atoms with Gasteiger partial charge in [-0.1, -0.05) is 17.7 Å². The zero-order valence-electron chi connectivity index (χ0n) is 8.17. The van der Waals surface area contributed by atoms with Crippen LogP contribution in [0, 0.1) is 0 Å². The van der Waals surface area contributed by atoms with Crippen LogP contribution in [-0.4, -0.2) is 18.7 Å². The molecule has 84 valence electrons. The highest BCUT2D eigenvalue weighted by Gasteiger charge is 2.18. The molecule has 5 heteroatoms. The Bertz CT molecular complexity index is 333. The van der Waals surface area contributed by atoms with Gasteiger partial charge in [0.2, 0.25) is 0 Å². The molecule has 0 saturated carbocycles. The normalized spacial score (nSPS) is 13.2. The third kappa shape index (κ3) is 3.12. The van der Waals surface area contributed by atoms with Gasteiger partial charge in [-0.15, -0.1) is 0 Å². The second-order valence-corrected chi connectivity index (χ2v) is 3.58. The molecule has 0 radical (unpaired) electrons. The highest BCUT2D eigenvalue weighted by molar-refractivity contribution is 6.30. The van der Waals surface area contributed by atoms with Gasteiger partial charge in [0.1, 0.15) is 0 Å². The van der Waals surface area contributed by atoms with Crippen molar-refractivity contribution in [1.82, 2.24) is 5.32 Å². The van der Waals surface area contributed by atoms with Gasteiger partial charge in [0, 0.05) is 17.1 Å². The van der Waals surface area contributed by atoms with E-state index < -0.39 is 12.5 Å². The lowest BCUT2D eigenvalue weighted by Gasteiger charge is -2.15. The highest BCUT2D eigenvalue weighted by atomic mass is 35.5. The average Bonchev–Trinajstić information content (AvgIpc) is 2.17. The Balaban J connectivity index is 3.06. The number of hydrogen-bond donors (Lipinski definition) is 2. The Labute approximate surface area is 91.9 Å². The molecule has 1 rings (SSSR count). The molecule has 0 fully saturated rings. The summed E-state index contributed by atoms with van der Waals surface area (Å²) in [5, 5.41) is 12.7. The molecule has 0 aliphatic carbocycles. The minimum Gasteiger partial charge on any atom is -0.387 e. The highest BCUT2D eigenvalue weighted by Crippen LogP contribution is 2.29. The predicted octanol–water partition coefficient (Wildman–Crippen LogP) is 2.53. The molecule has 0 aromatic heterocycles. The van der Waals surface area contributed by atoms with Crippen molar-refractivity contribution in [3.05, 3.63) is 34.3 Å². The molecular weight excluding hydrogens is 224 g/mol. The number of nitrogens with one attached hydrogen (secondary N) is 1. The first-order valence-corrected chi connectivity index (χ1v) is 4.84. The maximum atomic E-state index is 12.6. The number of hydrogen-bond acceptors (Lipinski definition) is 2. The number of alkyl halides is 2. The van der Waals surface area contributed by atoms with Crippen LogP contribution in [0.25, 0.3) is 0 Å². The van der Waals surface area contributed by atoms with Crippen LogP contribution in [0.15, 0.2) is 18.2 Å². The molecule has 1 unspecified atom stereocenters. The Morgan fingerprint density at radius 2 is 2.07 bits per heavy atom. The third-order valence-electron chi connectivity index (χ3n) is 2.04. The van der Waals surface area contributed by atoms with E-state index >= 15 is 0 Å². The van der Waals surface area contributed by atoms with E-state index in [-0.39, 0.29) is 17.7 Å². The summed E-state index contributed by atoms with van der Waals surface area (Å²) in [4.78, 5) is 0. The Morgan fingerprint density at radius 3 is 2.60 bits per heavy atom. The molecule has 0 heterocycles. The van der Waals surface area contributed by atoms with E-state index in [2.05, 4.69) is 5.32 Å². The second-order valence-electron chi connectivity index (χ2n) is 3.15. The van der Waals surface area contributed by atoms with Gasteiger partial charge in [-0.25, -0.2) is 8.78 Å². The Morgan fingerprint density at radius 1 is 1.40 bits per heavy atom. The average molecular weight is 236 g/mol. The van der Waals surface area contributed by atoms with Gasteiger partial charge in [-0.3, -0.25) is 0 Å². The van der Waals surface area contributed by atoms with Crippen molar-refractivity contribution in [2.24, 2.45) is 0 Å². The van der Waals surface area contributed by atoms with E-state index in [0.717, 1.165) is 0 Å². The van der Waals surface area contributed by atoms with Gasteiger partial charge in [-0.2, -0.15) is 0 Å². The van der Waals surface area contributed by atoms with E-state index in [1.54, 1.807) is 7.05 Å². The Hall–Kier alpha value is -0.710. The summed E-state index contributed by atoms with van der Waals surface area (Å²) in [6.07, 6.45) is -3.58. The summed E-state index contributed by atoms with van der Waals surface area (Å²) in [6.45, 7) is 0.208. The molecule has 1 atom stereocenters. The maximum absolute atomic E-state index is 12.6. The van der Waals surface area contributed by atoms with Crippen LogP contribution in [0.4, 0.5) is 8.78 Å².